The van der Waals surface area contributed by atoms with E-state index in [1.807, 2.05) is 6.07 Å². The molecule has 1 unspecified atom stereocenters. The third-order valence-electron chi connectivity index (χ3n) is 1.38. The van der Waals surface area contributed by atoms with Gasteiger partial charge in [0.05, 0.1) is 18.4 Å². The molecule has 0 saturated carbocycles. The molecule has 0 spiro atoms. The number of hydrogen-bond donors (Lipinski definition) is 1. The molecule has 3 nitrogen and oxygen atoms in total. The van der Waals surface area contributed by atoms with Crippen LogP contribution in [0.4, 0.5) is 0 Å². The predicted molar refractivity (Wildman–Crippen MR) is 50.9 cm³/mol. The second kappa shape index (κ2) is 5.54. The molecule has 0 aliphatic carbocycles. The van der Waals surface area contributed by atoms with Gasteiger partial charge in [0.15, 0.2) is 3.79 Å². The first kappa shape index (κ1) is 12.8. The molecule has 0 rings (SSSR count). The van der Waals surface area contributed by atoms with Gasteiger partial charge in [-0.1, -0.05) is 34.8 Å². The second-order valence-corrected chi connectivity index (χ2v) is 5.09. The normalized spacial score (nSPS) is 13.4. The number of carboxylic acids is 1. The third-order valence-corrected chi connectivity index (χ3v) is 1.95. The lowest BCUT2D eigenvalue weighted by atomic mass is 10.0. The Morgan fingerprint density at radius 3 is 2.38 bits per heavy atom. The first-order valence-corrected chi connectivity index (χ1v) is 4.66. The molecule has 0 saturated heterocycles. The van der Waals surface area contributed by atoms with Gasteiger partial charge in [0.25, 0.3) is 0 Å². The third kappa shape index (κ3) is 8.17. The van der Waals surface area contributed by atoms with Crippen LogP contribution in [-0.2, 0) is 4.79 Å². The van der Waals surface area contributed by atoms with Gasteiger partial charge in [-0.2, -0.15) is 5.26 Å². The van der Waals surface area contributed by atoms with Gasteiger partial charge in [-0.05, 0) is 12.8 Å². The Hall–Kier alpha value is -0.170. The topological polar surface area (TPSA) is 61.1 Å². The van der Waals surface area contributed by atoms with Gasteiger partial charge in [-0.25, -0.2) is 0 Å². The number of nitrogens with zero attached hydrogens (tertiary/aromatic N) is 1. The largest absolute Gasteiger partial charge is 0.481 e. The zero-order chi connectivity index (χ0) is 10.5. The smallest absolute Gasteiger partial charge is 0.304 e. The lowest BCUT2D eigenvalue weighted by Crippen LogP contribution is -2.10. The molecule has 0 aromatic rings. The Bertz CT molecular complexity index is 219. The van der Waals surface area contributed by atoms with Crippen LogP contribution >= 0.6 is 34.8 Å². The van der Waals surface area contributed by atoms with Crippen molar-refractivity contribution in [2.24, 2.45) is 5.92 Å². The van der Waals surface area contributed by atoms with Crippen LogP contribution < -0.4 is 0 Å². The van der Waals surface area contributed by atoms with Crippen molar-refractivity contribution in [3.05, 3.63) is 0 Å². The molecule has 6 heteroatoms. The fraction of sp³-hybridized carbons (Fsp3) is 0.714. The average Bonchev–Trinajstić information content (AvgIpc) is 1.95. The van der Waals surface area contributed by atoms with Crippen molar-refractivity contribution in [3.63, 3.8) is 0 Å². The van der Waals surface area contributed by atoms with Crippen molar-refractivity contribution in [2.45, 2.75) is 23.1 Å². The number of halogens is 3. The van der Waals surface area contributed by atoms with E-state index in [0.29, 0.717) is 0 Å². The summed E-state index contributed by atoms with van der Waals surface area (Å²) < 4.78 is -1.41. The van der Waals surface area contributed by atoms with Crippen molar-refractivity contribution in [1.29, 1.82) is 5.26 Å². The van der Waals surface area contributed by atoms with Crippen molar-refractivity contribution < 1.29 is 9.90 Å². The predicted octanol–water partition coefficient (Wildman–Crippen LogP) is 2.75. The van der Waals surface area contributed by atoms with E-state index in [1.54, 1.807) is 0 Å². The van der Waals surface area contributed by atoms with Gasteiger partial charge in [0.2, 0.25) is 0 Å². The van der Waals surface area contributed by atoms with Gasteiger partial charge >= 0.3 is 5.97 Å². The van der Waals surface area contributed by atoms with E-state index in [2.05, 4.69) is 0 Å². The van der Waals surface area contributed by atoms with Crippen molar-refractivity contribution in [2.75, 3.05) is 0 Å². The van der Waals surface area contributed by atoms with Crippen molar-refractivity contribution >= 4 is 40.8 Å². The van der Waals surface area contributed by atoms with Crippen molar-refractivity contribution in [3.8, 4) is 6.07 Å². The highest BCUT2D eigenvalue weighted by atomic mass is 35.6. The van der Waals surface area contributed by atoms with E-state index in [-0.39, 0.29) is 19.3 Å². The van der Waals surface area contributed by atoms with E-state index in [1.165, 1.54) is 0 Å². The molecule has 0 aromatic heterocycles. The van der Waals surface area contributed by atoms with Gasteiger partial charge < -0.3 is 5.11 Å². The fourth-order valence-electron chi connectivity index (χ4n) is 0.761. The molecule has 1 atom stereocenters. The SMILES string of the molecule is N#CC(CCC(Cl)(Cl)Cl)CC(=O)O. The van der Waals surface area contributed by atoms with Crippen LogP contribution in [-0.4, -0.2) is 14.9 Å². The van der Waals surface area contributed by atoms with E-state index in [9.17, 15) is 4.79 Å². The molecule has 0 heterocycles. The fourth-order valence-corrected chi connectivity index (χ4v) is 1.09. The molecule has 0 aromatic carbocycles. The van der Waals surface area contributed by atoms with Gasteiger partial charge in [-0.3, -0.25) is 4.79 Å². The zero-order valence-corrected chi connectivity index (χ0v) is 8.90. The summed E-state index contributed by atoms with van der Waals surface area (Å²) in [4.78, 5) is 10.2. The highest BCUT2D eigenvalue weighted by molar-refractivity contribution is 6.67. The molecule has 13 heavy (non-hydrogen) atoms. The maximum Gasteiger partial charge on any atom is 0.304 e. The minimum atomic E-state index is -1.41. The molecule has 0 bridgehead atoms. The Kier molecular flexibility index (Phi) is 5.46. The van der Waals surface area contributed by atoms with Gasteiger partial charge in [0.1, 0.15) is 0 Å². The number of alkyl halides is 3. The maximum absolute atomic E-state index is 10.2. The van der Waals surface area contributed by atoms with E-state index in [0.717, 1.165) is 0 Å². The quantitative estimate of drug-likeness (QED) is 0.774. The summed E-state index contributed by atoms with van der Waals surface area (Å²) in [6.45, 7) is 0. The number of carboxylic acid groups (broad SMARTS) is 1. The van der Waals surface area contributed by atoms with E-state index >= 15 is 0 Å². The molecule has 0 aliphatic rings. The molecule has 0 fully saturated rings. The number of nitriles is 1. The second-order valence-electron chi connectivity index (χ2n) is 2.58. The lowest BCUT2D eigenvalue weighted by Gasteiger charge is -2.11. The summed E-state index contributed by atoms with van der Waals surface area (Å²) in [7, 11) is 0. The Labute approximate surface area is 91.2 Å². The first-order chi connectivity index (χ1) is 5.85. The summed E-state index contributed by atoms with van der Waals surface area (Å²) in [5, 5.41) is 16.9. The highest BCUT2D eigenvalue weighted by Gasteiger charge is 2.22. The maximum atomic E-state index is 10.2. The lowest BCUT2D eigenvalue weighted by molar-refractivity contribution is -0.137. The summed E-state index contributed by atoms with van der Waals surface area (Å²) in [6, 6.07) is 1.85. The number of hydrogen-bond acceptors (Lipinski definition) is 2. The minimum Gasteiger partial charge on any atom is -0.481 e. The first-order valence-electron chi connectivity index (χ1n) is 3.53. The van der Waals surface area contributed by atoms with Gasteiger partial charge in [0, 0.05) is 0 Å². The van der Waals surface area contributed by atoms with Crippen LogP contribution in [0.3, 0.4) is 0 Å². The van der Waals surface area contributed by atoms with Crippen LogP contribution in [0.25, 0.3) is 0 Å². The van der Waals surface area contributed by atoms with Crippen LogP contribution in [0.15, 0.2) is 0 Å². The minimum absolute atomic E-state index is 0.184. The summed E-state index contributed by atoms with van der Waals surface area (Å²) in [5.74, 6) is -1.61. The molecule has 0 radical (unpaired) electrons. The zero-order valence-electron chi connectivity index (χ0n) is 6.64. The van der Waals surface area contributed by atoms with Crippen LogP contribution in [0.2, 0.25) is 0 Å². The summed E-state index contributed by atoms with van der Waals surface area (Å²) in [6.07, 6.45) is 0.250. The number of carbonyl (C=O) groups is 1. The number of rotatable bonds is 4. The van der Waals surface area contributed by atoms with E-state index < -0.39 is 15.7 Å². The Balaban J connectivity index is 3.88. The van der Waals surface area contributed by atoms with Gasteiger partial charge in [-0.15, -0.1) is 0 Å². The Morgan fingerprint density at radius 2 is 2.08 bits per heavy atom. The summed E-state index contributed by atoms with van der Waals surface area (Å²) >= 11 is 16.3. The number of aliphatic carboxylic acids is 1. The van der Waals surface area contributed by atoms with Crippen molar-refractivity contribution in [1.82, 2.24) is 0 Å². The van der Waals surface area contributed by atoms with E-state index in [4.69, 9.17) is 45.2 Å². The Morgan fingerprint density at radius 1 is 1.54 bits per heavy atom. The highest BCUT2D eigenvalue weighted by Crippen LogP contribution is 2.33. The average molecular weight is 245 g/mol. The summed E-state index contributed by atoms with van der Waals surface area (Å²) in [5.41, 5.74) is 0. The van der Waals surface area contributed by atoms with Crippen LogP contribution in [0.1, 0.15) is 19.3 Å². The monoisotopic (exact) mass is 243 g/mol. The van der Waals surface area contributed by atoms with Crippen LogP contribution in [0, 0.1) is 17.2 Å². The molecule has 1 N–H and O–H groups in total. The molecule has 74 valence electrons. The molecular weight excluding hydrogens is 236 g/mol. The molecular formula is C7H8Cl3NO2. The standard InChI is InChI=1S/C7H8Cl3NO2/c8-7(9,10)2-1-5(4-11)3-6(12)13/h5H,1-3H2,(H,12,13). The molecule has 0 aliphatic heterocycles. The molecule has 0 amide bonds. The van der Waals surface area contributed by atoms with Crippen LogP contribution in [0.5, 0.6) is 0 Å².